The van der Waals surface area contributed by atoms with Gasteiger partial charge in [-0.15, -0.1) is 12.4 Å². The number of nitrogens with one attached hydrogen (secondary N) is 1. The fourth-order valence-corrected chi connectivity index (χ4v) is 1.46. The largest absolute Gasteiger partial charge is 0.508 e. The molecule has 2 rings (SSSR count). The second-order valence-corrected chi connectivity index (χ2v) is 3.58. The maximum absolute atomic E-state index is 9.61. The van der Waals surface area contributed by atoms with E-state index in [4.69, 9.17) is 10.6 Å². The van der Waals surface area contributed by atoms with E-state index in [1.165, 1.54) is 0 Å². The first-order chi connectivity index (χ1) is 8.27. The lowest BCUT2D eigenvalue weighted by Gasteiger charge is -2.10. The summed E-state index contributed by atoms with van der Waals surface area (Å²) in [5.74, 6) is 0.871. The molecule has 4 N–H and O–H groups in total. The molecule has 0 aliphatic carbocycles. The van der Waals surface area contributed by atoms with Crippen molar-refractivity contribution in [1.82, 2.24) is 5.48 Å². The highest BCUT2D eigenvalue weighted by molar-refractivity contribution is 5.85. The van der Waals surface area contributed by atoms with E-state index in [0.717, 1.165) is 0 Å². The fraction of sp³-hybridized carbons (Fsp3) is 0.0769. The zero-order chi connectivity index (χ0) is 12.1. The van der Waals surface area contributed by atoms with Crippen molar-refractivity contribution in [2.75, 3.05) is 5.73 Å². The zero-order valence-electron chi connectivity index (χ0n) is 9.67. The molecule has 5 heteroatoms. The van der Waals surface area contributed by atoms with Crippen LogP contribution in [-0.4, -0.2) is 5.11 Å². The Kier molecular flexibility index (Phi) is 5.30. The Morgan fingerprint density at radius 2 is 1.78 bits per heavy atom. The highest BCUT2D eigenvalue weighted by Crippen LogP contribution is 2.22. The number of aromatic hydroxyl groups is 1. The predicted octanol–water partition coefficient (Wildman–Crippen LogP) is 2.48. The maximum atomic E-state index is 9.61. The molecule has 4 nitrogen and oxygen atoms in total. The summed E-state index contributed by atoms with van der Waals surface area (Å²) in [6, 6.07) is 14.4. The number of phenols is 1. The normalized spacial score (nSPS) is 9.56. The number of hydroxylamine groups is 1. The van der Waals surface area contributed by atoms with Crippen LogP contribution in [-0.2, 0) is 6.54 Å². The van der Waals surface area contributed by atoms with Gasteiger partial charge in [0.05, 0.1) is 6.54 Å². The second kappa shape index (κ2) is 6.74. The van der Waals surface area contributed by atoms with E-state index < -0.39 is 0 Å². The van der Waals surface area contributed by atoms with E-state index in [1.54, 1.807) is 18.2 Å². The summed E-state index contributed by atoms with van der Waals surface area (Å²) in [6.07, 6.45) is 0. The molecule has 0 saturated carbocycles. The van der Waals surface area contributed by atoms with Crippen LogP contribution in [0.5, 0.6) is 11.5 Å². The number of benzene rings is 2. The molecule has 0 heterocycles. The summed E-state index contributed by atoms with van der Waals surface area (Å²) in [5.41, 5.74) is 9.67. The molecule has 96 valence electrons. The number of anilines is 1. The fourth-order valence-electron chi connectivity index (χ4n) is 1.46. The number of nitrogen functional groups attached to an aromatic ring is 1. The Morgan fingerprint density at radius 1 is 1.06 bits per heavy atom. The summed E-state index contributed by atoms with van der Waals surface area (Å²) in [4.78, 5) is 5.30. The summed E-state index contributed by atoms with van der Waals surface area (Å²) in [5, 5.41) is 9.61. The van der Waals surface area contributed by atoms with Crippen molar-refractivity contribution in [1.29, 1.82) is 0 Å². The minimum Gasteiger partial charge on any atom is -0.508 e. The Balaban J connectivity index is 0.00000162. The van der Waals surface area contributed by atoms with Gasteiger partial charge < -0.3 is 15.7 Å². The van der Waals surface area contributed by atoms with Gasteiger partial charge in [-0.25, -0.2) is 0 Å². The molecule has 0 atom stereocenters. The van der Waals surface area contributed by atoms with Gasteiger partial charge in [-0.2, -0.15) is 5.48 Å². The van der Waals surface area contributed by atoms with Crippen molar-refractivity contribution in [3.63, 3.8) is 0 Å². The minimum atomic E-state index is 0. The number of nitrogens with two attached hydrogens (primary N) is 1. The van der Waals surface area contributed by atoms with Crippen molar-refractivity contribution in [3.8, 4) is 11.5 Å². The van der Waals surface area contributed by atoms with Crippen LogP contribution in [0.15, 0.2) is 48.5 Å². The number of hydrogen-bond acceptors (Lipinski definition) is 4. The number of phenolic OH excluding ortho intramolecular Hbond substituents is 1. The molecule has 0 aliphatic rings. The van der Waals surface area contributed by atoms with Gasteiger partial charge in [-0.1, -0.05) is 24.3 Å². The number of para-hydroxylation sites is 1. The Morgan fingerprint density at radius 3 is 2.44 bits per heavy atom. The Hall–Kier alpha value is -1.91. The molecule has 2 aromatic carbocycles. The van der Waals surface area contributed by atoms with Gasteiger partial charge in [0.2, 0.25) is 0 Å². The average Bonchev–Trinajstić information content (AvgIpc) is 2.34. The number of rotatable bonds is 4. The van der Waals surface area contributed by atoms with Gasteiger partial charge >= 0.3 is 0 Å². The number of hydrogen-bond donors (Lipinski definition) is 3. The lowest BCUT2D eigenvalue weighted by molar-refractivity contribution is 0.189. The molecule has 0 amide bonds. The van der Waals surface area contributed by atoms with Gasteiger partial charge in [0.15, 0.2) is 0 Å². The topological polar surface area (TPSA) is 67.5 Å². The van der Waals surface area contributed by atoms with Crippen LogP contribution < -0.4 is 16.1 Å². The molecule has 0 spiro atoms. The summed E-state index contributed by atoms with van der Waals surface area (Å²) >= 11 is 0. The Labute approximate surface area is 112 Å². The molecule has 18 heavy (non-hydrogen) atoms. The van der Waals surface area contributed by atoms with Crippen LogP contribution >= 0.6 is 12.4 Å². The van der Waals surface area contributed by atoms with Gasteiger partial charge in [0.1, 0.15) is 11.5 Å². The van der Waals surface area contributed by atoms with E-state index in [1.807, 2.05) is 30.3 Å². The van der Waals surface area contributed by atoms with Crippen LogP contribution in [0.25, 0.3) is 0 Å². The maximum Gasteiger partial charge on any atom is 0.147 e. The first-order valence-electron chi connectivity index (χ1n) is 5.28. The van der Waals surface area contributed by atoms with Crippen LogP contribution in [0.1, 0.15) is 5.56 Å². The standard InChI is InChI=1S/C13H14N2O2.ClH/c14-12-7-4-8-13(16)11(12)9-15-17-10-5-2-1-3-6-10;/h1-8,15-16H,9,14H2;1H. The molecule has 0 bridgehead atoms. The van der Waals surface area contributed by atoms with Crippen molar-refractivity contribution in [2.45, 2.75) is 6.54 Å². The molecule has 0 fully saturated rings. The zero-order valence-corrected chi connectivity index (χ0v) is 10.5. The summed E-state index contributed by atoms with van der Waals surface area (Å²) in [7, 11) is 0. The molecular formula is C13H15ClN2O2. The smallest absolute Gasteiger partial charge is 0.147 e. The highest BCUT2D eigenvalue weighted by Gasteiger charge is 2.04. The monoisotopic (exact) mass is 266 g/mol. The van der Waals surface area contributed by atoms with Gasteiger partial charge in [-0.05, 0) is 24.3 Å². The summed E-state index contributed by atoms with van der Waals surface area (Å²) in [6.45, 7) is 0.341. The lowest BCUT2D eigenvalue weighted by atomic mass is 10.1. The van der Waals surface area contributed by atoms with E-state index >= 15 is 0 Å². The third kappa shape index (κ3) is 3.55. The van der Waals surface area contributed by atoms with E-state index in [9.17, 15) is 5.11 Å². The van der Waals surface area contributed by atoms with Crippen LogP contribution in [0.2, 0.25) is 0 Å². The van der Waals surface area contributed by atoms with Crippen molar-refractivity contribution >= 4 is 18.1 Å². The summed E-state index contributed by atoms with van der Waals surface area (Å²) < 4.78 is 0. The highest BCUT2D eigenvalue weighted by atomic mass is 35.5. The number of halogens is 1. The van der Waals surface area contributed by atoms with Gasteiger partial charge in [0, 0.05) is 11.3 Å². The molecule has 0 radical (unpaired) electrons. The first kappa shape index (κ1) is 14.2. The predicted molar refractivity (Wildman–Crippen MR) is 73.7 cm³/mol. The quantitative estimate of drug-likeness (QED) is 0.587. The first-order valence-corrected chi connectivity index (χ1v) is 5.28. The minimum absolute atomic E-state index is 0. The molecule has 0 saturated heterocycles. The third-order valence-electron chi connectivity index (χ3n) is 2.37. The van der Waals surface area contributed by atoms with Crippen molar-refractivity contribution < 1.29 is 9.94 Å². The van der Waals surface area contributed by atoms with Gasteiger partial charge in [-0.3, -0.25) is 0 Å². The Bertz CT molecular complexity index is 471. The molecule has 2 aromatic rings. The van der Waals surface area contributed by atoms with Crippen molar-refractivity contribution in [3.05, 3.63) is 54.1 Å². The molecule has 0 unspecified atom stereocenters. The van der Waals surface area contributed by atoms with Crippen LogP contribution in [0.3, 0.4) is 0 Å². The van der Waals surface area contributed by atoms with Crippen molar-refractivity contribution in [2.24, 2.45) is 0 Å². The van der Waals surface area contributed by atoms with E-state index in [-0.39, 0.29) is 18.2 Å². The molecule has 0 aliphatic heterocycles. The third-order valence-corrected chi connectivity index (χ3v) is 2.37. The SMILES string of the molecule is Cl.Nc1cccc(O)c1CNOc1ccccc1. The van der Waals surface area contributed by atoms with E-state index in [2.05, 4.69) is 5.48 Å². The van der Waals surface area contributed by atoms with Crippen LogP contribution in [0.4, 0.5) is 5.69 Å². The van der Waals surface area contributed by atoms with Crippen LogP contribution in [0, 0.1) is 0 Å². The molecular weight excluding hydrogens is 252 g/mol. The lowest BCUT2D eigenvalue weighted by Crippen LogP contribution is -2.18. The molecule has 0 aromatic heterocycles. The van der Waals surface area contributed by atoms with Gasteiger partial charge in [0.25, 0.3) is 0 Å². The second-order valence-electron chi connectivity index (χ2n) is 3.58. The average molecular weight is 267 g/mol. The van der Waals surface area contributed by atoms with E-state index in [0.29, 0.717) is 23.5 Å².